The lowest BCUT2D eigenvalue weighted by atomic mass is 10.2. The summed E-state index contributed by atoms with van der Waals surface area (Å²) in [6.45, 7) is 5.07. The molecule has 31 heavy (non-hydrogen) atoms. The van der Waals surface area contributed by atoms with E-state index in [0.29, 0.717) is 45.1 Å². The van der Waals surface area contributed by atoms with Crippen molar-refractivity contribution in [1.29, 1.82) is 0 Å². The maximum Gasteiger partial charge on any atom is 0.270 e. The summed E-state index contributed by atoms with van der Waals surface area (Å²) in [5.41, 5.74) is 1.48. The number of amides is 1. The van der Waals surface area contributed by atoms with Crippen molar-refractivity contribution < 1.29 is 17.9 Å². The number of morpholine rings is 1. The number of carbonyl (C=O) groups excluding carboxylic acids is 1. The lowest BCUT2D eigenvalue weighted by Crippen LogP contribution is -2.48. The molecule has 1 aromatic carbocycles. The zero-order valence-electron chi connectivity index (χ0n) is 17.4. The molecule has 8 nitrogen and oxygen atoms in total. The van der Waals surface area contributed by atoms with Crippen LogP contribution in [0.1, 0.15) is 16.1 Å². The Balaban J connectivity index is 1.30. The Morgan fingerprint density at radius 3 is 2.45 bits per heavy atom. The number of hydrogen-bond acceptors (Lipinski definition) is 5. The monoisotopic (exact) mass is 444 g/mol. The van der Waals surface area contributed by atoms with Gasteiger partial charge in [0.1, 0.15) is 10.6 Å². The summed E-state index contributed by atoms with van der Waals surface area (Å²) in [5.74, 6) is -0.164. The number of piperazine rings is 1. The summed E-state index contributed by atoms with van der Waals surface area (Å²) in [6, 6.07) is 11.6. The predicted octanol–water partition coefficient (Wildman–Crippen LogP) is 1.51. The van der Waals surface area contributed by atoms with Gasteiger partial charge in [0.2, 0.25) is 10.0 Å². The number of nitrogens with one attached hydrogen (secondary N) is 1. The molecule has 1 N–H and O–H groups in total. The van der Waals surface area contributed by atoms with Crippen molar-refractivity contribution in [2.24, 2.45) is 0 Å². The molecule has 0 spiro atoms. The minimum atomic E-state index is -3.61. The van der Waals surface area contributed by atoms with Crippen LogP contribution < -0.4 is 0 Å². The first-order valence-corrected chi connectivity index (χ1v) is 12.0. The van der Waals surface area contributed by atoms with Gasteiger partial charge in [-0.15, -0.1) is 0 Å². The molecule has 166 valence electrons. The fourth-order valence-electron chi connectivity index (χ4n) is 3.79. The first-order valence-electron chi connectivity index (χ1n) is 10.5. The first-order chi connectivity index (χ1) is 15.0. The zero-order valence-corrected chi connectivity index (χ0v) is 18.3. The van der Waals surface area contributed by atoms with Gasteiger partial charge >= 0.3 is 0 Å². The Labute approximate surface area is 183 Å². The SMILES string of the molecule is O=C(c1cc(S(=O)(=O)N2CCOCC2)c[nH]1)N1CCN(CC=Cc2ccccc2)CC1. The van der Waals surface area contributed by atoms with Gasteiger partial charge in [-0.25, -0.2) is 8.42 Å². The van der Waals surface area contributed by atoms with E-state index >= 15 is 0 Å². The van der Waals surface area contributed by atoms with E-state index in [-0.39, 0.29) is 10.8 Å². The minimum absolute atomic E-state index is 0.127. The number of benzene rings is 1. The van der Waals surface area contributed by atoms with Crippen molar-refractivity contribution in [2.75, 3.05) is 59.0 Å². The Kier molecular flexibility index (Phi) is 6.86. The molecule has 2 aromatic rings. The number of aromatic nitrogens is 1. The summed E-state index contributed by atoms with van der Waals surface area (Å²) >= 11 is 0. The second-order valence-corrected chi connectivity index (χ2v) is 9.61. The molecule has 3 heterocycles. The molecular formula is C22H28N4O4S. The van der Waals surface area contributed by atoms with Crippen LogP contribution in [0.2, 0.25) is 0 Å². The van der Waals surface area contributed by atoms with Gasteiger partial charge in [-0.1, -0.05) is 42.5 Å². The van der Waals surface area contributed by atoms with Gasteiger partial charge in [-0.3, -0.25) is 9.69 Å². The molecule has 4 rings (SSSR count). The molecule has 0 bridgehead atoms. The van der Waals surface area contributed by atoms with E-state index < -0.39 is 10.0 Å². The summed E-state index contributed by atoms with van der Waals surface area (Å²) in [7, 11) is -3.61. The normalized spacial score (nSPS) is 19.2. The molecule has 9 heteroatoms. The number of hydrogen-bond donors (Lipinski definition) is 1. The molecule has 0 aliphatic carbocycles. The highest BCUT2D eigenvalue weighted by Crippen LogP contribution is 2.19. The fraction of sp³-hybridized carbons (Fsp3) is 0.409. The summed E-state index contributed by atoms with van der Waals surface area (Å²) in [6.07, 6.45) is 5.65. The highest BCUT2D eigenvalue weighted by molar-refractivity contribution is 7.89. The number of nitrogens with zero attached hydrogens (tertiary/aromatic N) is 3. The number of aromatic amines is 1. The minimum Gasteiger partial charge on any atom is -0.379 e. The summed E-state index contributed by atoms with van der Waals surface area (Å²) in [4.78, 5) is 19.9. The van der Waals surface area contributed by atoms with Gasteiger partial charge in [-0.05, 0) is 11.6 Å². The third kappa shape index (κ3) is 5.24. The fourth-order valence-corrected chi connectivity index (χ4v) is 5.19. The smallest absolute Gasteiger partial charge is 0.270 e. The number of rotatable bonds is 6. The third-order valence-electron chi connectivity index (χ3n) is 5.63. The van der Waals surface area contributed by atoms with E-state index in [1.807, 2.05) is 18.2 Å². The average molecular weight is 445 g/mol. The maximum absolute atomic E-state index is 12.9. The summed E-state index contributed by atoms with van der Waals surface area (Å²) < 4.78 is 32.1. The number of carbonyl (C=O) groups is 1. The Morgan fingerprint density at radius 1 is 1.03 bits per heavy atom. The van der Waals surface area contributed by atoms with Gasteiger partial charge in [0.25, 0.3) is 5.91 Å². The number of H-pyrrole nitrogens is 1. The highest BCUT2D eigenvalue weighted by atomic mass is 32.2. The van der Waals surface area contributed by atoms with E-state index in [4.69, 9.17) is 4.74 Å². The van der Waals surface area contributed by atoms with Crippen molar-refractivity contribution in [3.05, 3.63) is 59.9 Å². The zero-order chi connectivity index (χ0) is 21.7. The summed E-state index contributed by atoms with van der Waals surface area (Å²) in [5, 5.41) is 0. The number of ether oxygens (including phenoxy) is 1. The van der Waals surface area contributed by atoms with Crippen LogP contribution in [0.15, 0.2) is 53.6 Å². The van der Waals surface area contributed by atoms with Gasteiger partial charge in [0, 0.05) is 52.0 Å². The average Bonchev–Trinajstić information content (AvgIpc) is 3.32. The molecule has 2 aliphatic rings. The Bertz CT molecular complexity index is 1010. The molecule has 2 aliphatic heterocycles. The van der Waals surface area contributed by atoms with Crippen LogP contribution in [0.4, 0.5) is 0 Å². The van der Waals surface area contributed by atoms with Crippen LogP contribution in [-0.2, 0) is 14.8 Å². The second kappa shape index (κ2) is 9.78. The third-order valence-corrected chi connectivity index (χ3v) is 7.50. The van der Waals surface area contributed by atoms with Gasteiger partial charge < -0.3 is 14.6 Å². The van der Waals surface area contributed by atoms with Crippen molar-refractivity contribution in [3.8, 4) is 0 Å². The van der Waals surface area contributed by atoms with Crippen LogP contribution in [-0.4, -0.2) is 92.4 Å². The van der Waals surface area contributed by atoms with Gasteiger partial charge in [-0.2, -0.15) is 4.31 Å². The highest BCUT2D eigenvalue weighted by Gasteiger charge is 2.29. The molecule has 1 amide bonds. The van der Waals surface area contributed by atoms with Crippen molar-refractivity contribution in [1.82, 2.24) is 19.1 Å². The Hall–Kier alpha value is -2.46. The van der Waals surface area contributed by atoms with Crippen LogP contribution in [0.25, 0.3) is 6.08 Å². The topological polar surface area (TPSA) is 85.9 Å². The van der Waals surface area contributed by atoms with E-state index in [1.54, 1.807) is 4.90 Å². The molecule has 2 fully saturated rings. The molecule has 0 radical (unpaired) electrons. The molecule has 2 saturated heterocycles. The van der Waals surface area contributed by atoms with E-state index in [9.17, 15) is 13.2 Å². The standard InChI is InChI=1S/C22H28N4O4S/c27-22(21-17-20(18-23-21)31(28,29)26-13-15-30-16-14-26)25-11-9-24(10-12-25)8-4-7-19-5-2-1-3-6-19/h1-7,17-18,23H,8-16H2. The van der Waals surface area contributed by atoms with Gasteiger partial charge in [0.05, 0.1) is 13.2 Å². The second-order valence-electron chi connectivity index (χ2n) is 7.67. The maximum atomic E-state index is 12.9. The Morgan fingerprint density at radius 2 is 1.74 bits per heavy atom. The molecule has 0 unspecified atom stereocenters. The van der Waals surface area contributed by atoms with Crippen molar-refractivity contribution in [2.45, 2.75) is 4.90 Å². The van der Waals surface area contributed by atoms with E-state index in [1.165, 1.54) is 22.1 Å². The molecule has 0 atom stereocenters. The van der Waals surface area contributed by atoms with Crippen molar-refractivity contribution >= 4 is 22.0 Å². The quantitative estimate of drug-likeness (QED) is 0.730. The van der Waals surface area contributed by atoms with Crippen LogP contribution >= 0.6 is 0 Å². The lowest BCUT2D eigenvalue weighted by Gasteiger charge is -2.33. The van der Waals surface area contributed by atoms with Crippen molar-refractivity contribution in [3.63, 3.8) is 0 Å². The molecule has 0 saturated carbocycles. The lowest BCUT2D eigenvalue weighted by molar-refractivity contribution is 0.0645. The van der Waals surface area contributed by atoms with Crippen LogP contribution in [0.5, 0.6) is 0 Å². The van der Waals surface area contributed by atoms with Crippen LogP contribution in [0, 0.1) is 0 Å². The van der Waals surface area contributed by atoms with E-state index in [0.717, 1.165) is 19.6 Å². The first kappa shape index (κ1) is 21.8. The van der Waals surface area contributed by atoms with Gasteiger partial charge in [0.15, 0.2) is 0 Å². The largest absolute Gasteiger partial charge is 0.379 e. The predicted molar refractivity (Wildman–Crippen MR) is 118 cm³/mol. The van der Waals surface area contributed by atoms with Crippen LogP contribution in [0.3, 0.4) is 0 Å². The van der Waals surface area contributed by atoms with E-state index in [2.05, 4.69) is 34.2 Å². The molecular weight excluding hydrogens is 416 g/mol. The number of sulfonamides is 1. The molecule has 1 aromatic heterocycles.